The second kappa shape index (κ2) is 7.17. The zero-order chi connectivity index (χ0) is 10.1. The van der Waals surface area contributed by atoms with Gasteiger partial charge < -0.3 is 10.4 Å². The maximum Gasteiger partial charge on any atom is 0.322 e. The highest BCUT2D eigenvalue weighted by molar-refractivity contribution is 5.80. The average Bonchev–Trinajstić information content (AvgIpc) is 2.09. The quantitative estimate of drug-likeness (QED) is 0.462. The molecule has 1 amide bonds. The normalized spacial score (nSPS) is 8.85. The largest absolute Gasteiger partial charge is 0.480 e. The number of carboxylic acids is 1. The summed E-state index contributed by atoms with van der Waals surface area (Å²) >= 11 is 0. The minimum atomic E-state index is -1.03. The molecule has 0 aromatic carbocycles. The van der Waals surface area contributed by atoms with Crippen molar-refractivity contribution in [2.75, 3.05) is 6.54 Å². The van der Waals surface area contributed by atoms with E-state index in [1.807, 2.05) is 0 Å². The Labute approximate surface area is 77.3 Å². The number of terminal acetylenes is 1. The molecule has 72 valence electrons. The van der Waals surface area contributed by atoms with Crippen molar-refractivity contribution in [3.05, 3.63) is 0 Å². The minimum Gasteiger partial charge on any atom is -0.480 e. The molecule has 0 heterocycles. The first-order valence-electron chi connectivity index (χ1n) is 4.08. The van der Waals surface area contributed by atoms with Gasteiger partial charge in [-0.2, -0.15) is 0 Å². The molecule has 2 N–H and O–H groups in total. The zero-order valence-corrected chi connectivity index (χ0v) is 7.38. The van der Waals surface area contributed by atoms with Gasteiger partial charge in [-0.3, -0.25) is 9.59 Å². The van der Waals surface area contributed by atoms with E-state index in [0.29, 0.717) is 19.3 Å². The summed E-state index contributed by atoms with van der Waals surface area (Å²) in [6.45, 7) is -0.312. The van der Waals surface area contributed by atoms with Gasteiger partial charge in [-0.05, 0) is 12.8 Å². The van der Waals surface area contributed by atoms with Crippen LogP contribution in [0.5, 0.6) is 0 Å². The van der Waals surface area contributed by atoms with E-state index in [-0.39, 0.29) is 12.5 Å². The van der Waals surface area contributed by atoms with Crippen LogP contribution >= 0.6 is 0 Å². The lowest BCUT2D eigenvalue weighted by atomic mass is 10.2. The highest BCUT2D eigenvalue weighted by Gasteiger charge is 2.02. The molecule has 0 saturated heterocycles. The summed E-state index contributed by atoms with van der Waals surface area (Å²) in [6.07, 6.45) is 7.52. The van der Waals surface area contributed by atoms with Crippen LogP contribution in [0.4, 0.5) is 0 Å². The van der Waals surface area contributed by atoms with Crippen molar-refractivity contribution in [2.45, 2.75) is 25.7 Å². The molecular formula is C9H13NO3. The van der Waals surface area contributed by atoms with Gasteiger partial charge in [0.15, 0.2) is 0 Å². The van der Waals surface area contributed by atoms with E-state index in [9.17, 15) is 9.59 Å². The summed E-state index contributed by atoms with van der Waals surface area (Å²) in [5.41, 5.74) is 0. The molecule has 4 heteroatoms. The van der Waals surface area contributed by atoms with Gasteiger partial charge >= 0.3 is 5.97 Å². The monoisotopic (exact) mass is 183 g/mol. The lowest BCUT2D eigenvalue weighted by molar-refractivity contribution is -0.137. The van der Waals surface area contributed by atoms with Crippen molar-refractivity contribution >= 4 is 11.9 Å². The van der Waals surface area contributed by atoms with Gasteiger partial charge in [-0.1, -0.05) is 0 Å². The molecule has 0 radical (unpaired) electrons. The number of carbonyl (C=O) groups excluding carboxylic acids is 1. The highest BCUT2D eigenvalue weighted by Crippen LogP contribution is 1.97. The molecule has 0 rings (SSSR count). The Hall–Kier alpha value is -1.50. The maximum atomic E-state index is 10.9. The van der Waals surface area contributed by atoms with E-state index < -0.39 is 5.97 Å². The van der Waals surface area contributed by atoms with Crippen molar-refractivity contribution in [3.8, 4) is 12.3 Å². The molecule has 0 saturated carbocycles. The van der Waals surface area contributed by atoms with Crippen LogP contribution in [0.1, 0.15) is 25.7 Å². The highest BCUT2D eigenvalue weighted by atomic mass is 16.4. The van der Waals surface area contributed by atoms with Gasteiger partial charge in [0.25, 0.3) is 0 Å². The van der Waals surface area contributed by atoms with Crippen LogP contribution in [0.15, 0.2) is 0 Å². The second-order valence-electron chi connectivity index (χ2n) is 2.58. The molecule has 0 spiro atoms. The summed E-state index contributed by atoms with van der Waals surface area (Å²) in [6, 6.07) is 0. The first kappa shape index (κ1) is 11.5. The summed E-state index contributed by atoms with van der Waals surface area (Å²) < 4.78 is 0. The number of hydrogen-bond acceptors (Lipinski definition) is 2. The number of unbranched alkanes of at least 4 members (excludes halogenated alkanes) is 2. The number of carbonyl (C=O) groups is 2. The number of hydrogen-bond donors (Lipinski definition) is 2. The number of amides is 1. The molecule has 0 aliphatic rings. The molecule has 0 aromatic rings. The number of nitrogens with one attached hydrogen (secondary N) is 1. The van der Waals surface area contributed by atoms with Crippen LogP contribution in [-0.4, -0.2) is 23.5 Å². The Bertz CT molecular complexity index is 217. The summed E-state index contributed by atoms with van der Waals surface area (Å²) in [5.74, 6) is 1.20. The van der Waals surface area contributed by atoms with Gasteiger partial charge in [0.1, 0.15) is 6.54 Å². The van der Waals surface area contributed by atoms with Crippen molar-refractivity contribution in [1.29, 1.82) is 0 Å². The Morgan fingerprint density at radius 1 is 1.38 bits per heavy atom. The molecule has 0 fully saturated rings. The Balaban J connectivity index is 3.31. The molecule has 0 bridgehead atoms. The van der Waals surface area contributed by atoms with E-state index in [4.69, 9.17) is 11.5 Å². The predicted octanol–water partition coefficient (Wildman–Crippen LogP) is 0.381. The fourth-order valence-electron chi connectivity index (χ4n) is 0.775. The minimum absolute atomic E-state index is 0.237. The van der Waals surface area contributed by atoms with Crippen LogP contribution in [0.25, 0.3) is 0 Å². The average molecular weight is 183 g/mol. The fraction of sp³-hybridized carbons (Fsp3) is 0.556. The van der Waals surface area contributed by atoms with Crippen LogP contribution in [0.2, 0.25) is 0 Å². The van der Waals surface area contributed by atoms with Crippen molar-refractivity contribution < 1.29 is 14.7 Å². The SMILES string of the molecule is C#CCCCCC(=O)NCC(=O)O. The first-order valence-corrected chi connectivity index (χ1v) is 4.08. The third-order valence-electron chi connectivity index (χ3n) is 1.41. The van der Waals surface area contributed by atoms with E-state index in [0.717, 1.165) is 6.42 Å². The van der Waals surface area contributed by atoms with E-state index in [1.165, 1.54) is 0 Å². The first-order chi connectivity index (χ1) is 6.16. The molecule has 13 heavy (non-hydrogen) atoms. The Morgan fingerprint density at radius 2 is 2.08 bits per heavy atom. The zero-order valence-electron chi connectivity index (χ0n) is 7.38. The van der Waals surface area contributed by atoms with Crippen LogP contribution in [0, 0.1) is 12.3 Å². The standard InChI is InChI=1S/C9H13NO3/c1-2-3-4-5-6-8(11)10-7-9(12)13/h1H,3-7H2,(H,10,11)(H,12,13). The molecule has 0 aliphatic carbocycles. The fourth-order valence-corrected chi connectivity index (χ4v) is 0.775. The lowest BCUT2D eigenvalue weighted by Crippen LogP contribution is -2.28. The lowest BCUT2D eigenvalue weighted by Gasteiger charge is -2.00. The third-order valence-corrected chi connectivity index (χ3v) is 1.41. The summed E-state index contributed by atoms with van der Waals surface area (Å²) in [7, 11) is 0. The third kappa shape index (κ3) is 8.41. The number of rotatable bonds is 6. The summed E-state index contributed by atoms with van der Waals surface area (Å²) in [5, 5.41) is 10.5. The number of carboxylic acid groups (broad SMARTS) is 1. The molecule has 0 aliphatic heterocycles. The molecule has 0 atom stereocenters. The molecule has 4 nitrogen and oxygen atoms in total. The van der Waals surface area contributed by atoms with Gasteiger partial charge in [-0.15, -0.1) is 12.3 Å². The maximum absolute atomic E-state index is 10.9. The van der Waals surface area contributed by atoms with Crippen LogP contribution < -0.4 is 5.32 Å². The van der Waals surface area contributed by atoms with Gasteiger partial charge in [0.05, 0.1) is 0 Å². The van der Waals surface area contributed by atoms with Crippen LogP contribution in [-0.2, 0) is 9.59 Å². The van der Waals surface area contributed by atoms with Gasteiger partial charge in [0, 0.05) is 12.8 Å². The Kier molecular flexibility index (Phi) is 6.34. The van der Waals surface area contributed by atoms with E-state index in [1.54, 1.807) is 0 Å². The van der Waals surface area contributed by atoms with Crippen molar-refractivity contribution in [3.63, 3.8) is 0 Å². The Morgan fingerprint density at radius 3 is 2.62 bits per heavy atom. The molecular weight excluding hydrogens is 170 g/mol. The molecule has 0 unspecified atom stereocenters. The van der Waals surface area contributed by atoms with E-state index >= 15 is 0 Å². The second-order valence-corrected chi connectivity index (χ2v) is 2.58. The molecule has 0 aromatic heterocycles. The van der Waals surface area contributed by atoms with Crippen molar-refractivity contribution in [2.24, 2.45) is 0 Å². The summed E-state index contributed by atoms with van der Waals surface area (Å²) in [4.78, 5) is 20.9. The van der Waals surface area contributed by atoms with E-state index in [2.05, 4.69) is 11.2 Å². The van der Waals surface area contributed by atoms with Crippen LogP contribution in [0.3, 0.4) is 0 Å². The smallest absolute Gasteiger partial charge is 0.322 e. The van der Waals surface area contributed by atoms with Crippen molar-refractivity contribution in [1.82, 2.24) is 5.32 Å². The predicted molar refractivity (Wildman–Crippen MR) is 47.9 cm³/mol. The topological polar surface area (TPSA) is 66.4 Å². The van der Waals surface area contributed by atoms with Gasteiger partial charge in [-0.25, -0.2) is 0 Å². The number of aliphatic carboxylic acids is 1. The van der Waals surface area contributed by atoms with Gasteiger partial charge in [0.2, 0.25) is 5.91 Å².